The normalized spacial score (nSPS) is 10.2. The molecule has 1 aromatic carbocycles. The summed E-state index contributed by atoms with van der Waals surface area (Å²) >= 11 is 0. The van der Waals surface area contributed by atoms with Gasteiger partial charge in [0, 0.05) is 18.8 Å². The summed E-state index contributed by atoms with van der Waals surface area (Å²) in [5, 5.41) is 3.22. The second-order valence-electron chi connectivity index (χ2n) is 4.44. The monoisotopic (exact) mass is 242 g/mol. The van der Waals surface area contributed by atoms with Crippen LogP contribution in [-0.4, -0.2) is 14.1 Å². The second-order valence-corrected chi connectivity index (χ2v) is 4.44. The molecule has 2 rings (SSSR count). The lowest BCUT2D eigenvalue weighted by atomic mass is 10.2. The minimum Gasteiger partial charge on any atom is -0.344 e. The first kappa shape index (κ1) is 12.4. The van der Waals surface area contributed by atoms with Gasteiger partial charge in [-0.05, 0) is 19.1 Å². The molecule has 2 aromatic rings. The van der Waals surface area contributed by atoms with Crippen LogP contribution in [0.4, 0.5) is 17.2 Å². The van der Waals surface area contributed by atoms with E-state index in [1.54, 1.807) is 0 Å². The van der Waals surface area contributed by atoms with Crippen molar-refractivity contribution >= 4 is 17.2 Å². The quantitative estimate of drug-likeness (QED) is 0.834. The fraction of sp³-hybridized carbons (Fsp3) is 0.267. The van der Waals surface area contributed by atoms with Gasteiger partial charge in [0.15, 0.2) is 0 Å². The predicted octanol–water partition coefficient (Wildman–Crippen LogP) is 2.63. The van der Waals surface area contributed by atoms with Crippen molar-refractivity contribution in [3.05, 3.63) is 48.2 Å². The molecule has 1 heterocycles. The van der Waals surface area contributed by atoms with E-state index in [4.69, 9.17) is 0 Å². The average Bonchev–Trinajstić information content (AvgIpc) is 2.42. The van der Waals surface area contributed by atoms with Crippen LogP contribution in [0.25, 0.3) is 0 Å². The molecule has 0 saturated carbocycles. The zero-order chi connectivity index (χ0) is 13.1. The fourth-order valence-corrected chi connectivity index (χ4v) is 2.01. The molecule has 0 aliphatic carbocycles. The lowest BCUT2D eigenvalue weighted by Gasteiger charge is -2.20. The molecule has 0 aliphatic rings. The smallest absolute Gasteiger partial charge is 0.276 e. The number of pyridine rings is 1. The fourth-order valence-electron chi connectivity index (χ4n) is 2.01. The van der Waals surface area contributed by atoms with Crippen molar-refractivity contribution in [3.8, 4) is 0 Å². The molecule has 0 radical (unpaired) electrons. The lowest BCUT2D eigenvalue weighted by Crippen LogP contribution is -2.35. The van der Waals surface area contributed by atoms with Gasteiger partial charge in [0.1, 0.15) is 5.69 Å². The van der Waals surface area contributed by atoms with Gasteiger partial charge in [-0.3, -0.25) is 5.32 Å². The van der Waals surface area contributed by atoms with E-state index in [0.29, 0.717) is 0 Å². The van der Waals surface area contributed by atoms with Crippen molar-refractivity contribution < 1.29 is 4.57 Å². The van der Waals surface area contributed by atoms with Gasteiger partial charge < -0.3 is 4.90 Å². The Morgan fingerprint density at radius 1 is 1.06 bits per heavy atom. The van der Waals surface area contributed by atoms with E-state index in [1.165, 1.54) is 17.1 Å². The maximum atomic E-state index is 3.22. The predicted molar refractivity (Wildman–Crippen MR) is 76.4 cm³/mol. The molecular weight excluding hydrogens is 222 g/mol. The van der Waals surface area contributed by atoms with Gasteiger partial charge in [0.05, 0.1) is 25.8 Å². The molecule has 0 atom stereocenters. The van der Waals surface area contributed by atoms with Crippen LogP contribution in [0.2, 0.25) is 0 Å². The molecule has 18 heavy (non-hydrogen) atoms. The van der Waals surface area contributed by atoms with E-state index in [2.05, 4.69) is 72.2 Å². The maximum Gasteiger partial charge on any atom is 0.276 e. The zero-order valence-corrected chi connectivity index (χ0v) is 11.4. The first-order chi connectivity index (χ1) is 8.63. The number of hydrogen-bond acceptors (Lipinski definition) is 2. The van der Waals surface area contributed by atoms with Crippen molar-refractivity contribution in [2.75, 3.05) is 24.3 Å². The largest absolute Gasteiger partial charge is 0.344 e. The van der Waals surface area contributed by atoms with Gasteiger partial charge in [-0.15, -0.1) is 0 Å². The number of para-hydroxylation sites is 1. The summed E-state index contributed by atoms with van der Waals surface area (Å²) in [7, 11) is 6.10. The highest BCUT2D eigenvalue weighted by Crippen LogP contribution is 2.24. The summed E-state index contributed by atoms with van der Waals surface area (Å²) in [6.07, 6.45) is 0. The highest BCUT2D eigenvalue weighted by atomic mass is 15.1. The van der Waals surface area contributed by atoms with Gasteiger partial charge in [-0.2, -0.15) is 0 Å². The van der Waals surface area contributed by atoms with Crippen LogP contribution in [-0.2, 0) is 7.05 Å². The Hall–Kier alpha value is -2.03. The topological polar surface area (TPSA) is 19.1 Å². The highest BCUT2D eigenvalue weighted by molar-refractivity contribution is 5.64. The summed E-state index contributed by atoms with van der Waals surface area (Å²) < 4.78 is 2.14. The van der Waals surface area contributed by atoms with Crippen LogP contribution in [0.3, 0.4) is 0 Å². The Morgan fingerprint density at radius 2 is 1.72 bits per heavy atom. The first-order valence-electron chi connectivity index (χ1n) is 6.10. The molecule has 0 bridgehead atoms. The summed E-state index contributed by atoms with van der Waals surface area (Å²) in [6.45, 7) is 2.11. The van der Waals surface area contributed by atoms with Crippen LogP contribution < -0.4 is 14.8 Å². The Labute approximate surface area is 109 Å². The Balaban J connectivity index is 2.43. The van der Waals surface area contributed by atoms with E-state index in [-0.39, 0.29) is 0 Å². The number of aromatic nitrogens is 1. The van der Waals surface area contributed by atoms with Crippen LogP contribution in [0.1, 0.15) is 5.69 Å². The molecular formula is C15H20N3+. The van der Waals surface area contributed by atoms with E-state index in [0.717, 1.165) is 5.82 Å². The van der Waals surface area contributed by atoms with Crippen molar-refractivity contribution in [2.45, 2.75) is 6.92 Å². The molecule has 3 heteroatoms. The van der Waals surface area contributed by atoms with Crippen molar-refractivity contribution in [3.63, 3.8) is 0 Å². The van der Waals surface area contributed by atoms with E-state index in [1.807, 2.05) is 13.1 Å². The van der Waals surface area contributed by atoms with Crippen LogP contribution in [0.5, 0.6) is 0 Å². The van der Waals surface area contributed by atoms with Crippen LogP contribution in [0.15, 0.2) is 42.5 Å². The van der Waals surface area contributed by atoms with Crippen molar-refractivity contribution in [2.24, 2.45) is 7.05 Å². The van der Waals surface area contributed by atoms with Crippen LogP contribution in [0, 0.1) is 6.92 Å². The minimum absolute atomic E-state index is 1.10. The number of aryl methyl sites for hydroxylation is 1. The molecule has 0 unspecified atom stereocenters. The molecule has 1 aromatic heterocycles. The number of anilines is 3. The Bertz CT molecular complexity index is 535. The van der Waals surface area contributed by atoms with Gasteiger partial charge in [0.2, 0.25) is 0 Å². The average molecular weight is 242 g/mol. The minimum atomic E-state index is 1.10. The standard InChI is InChI=1S/C15H19N3/c1-12-10-14(11-15(16-2)17(12)3)18(4)13-8-6-5-7-9-13/h5-11H,1-4H3/p+1. The highest BCUT2D eigenvalue weighted by Gasteiger charge is 2.12. The number of hydrogen-bond donors (Lipinski definition) is 1. The molecule has 0 fully saturated rings. The van der Waals surface area contributed by atoms with E-state index < -0.39 is 0 Å². The summed E-state index contributed by atoms with van der Waals surface area (Å²) in [6, 6.07) is 14.7. The van der Waals surface area contributed by atoms with Crippen molar-refractivity contribution in [1.29, 1.82) is 0 Å². The zero-order valence-electron chi connectivity index (χ0n) is 11.4. The molecule has 3 nitrogen and oxygen atoms in total. The molecule has 1 N–H and O–H groups in total. The van der Waals surface area contributed by atoms with Gasteiger partial charge in [0.25, 0.3) is 5.82 Å². The van der Waals surface area contributed by atoms with Gasteiger partial charge in [-0.25, -0.2) is 4.57 Å². The summed E-state index contributed by atoms with van der Waals surface area (Å²) in [5.41, 5.74) is 3.59. The third kappa shape index (κ3) is 2.30. The SMILES string of the molecule is CNc1cc(N(C)c2ccccc2)cc(C)[n+]1C. The van der Waals surface area contributed by atoms with Gasteiger partial charge in [-0.1, -0.05) is 18.2 Å². The molecule has 94 valence electrons. The molecule has 0 amide bonds. The molecule has 0 saturated heterocycles. The third-order valence-corrected chi connectivity index (χ3v) is 3.32. The first-order valence-corrected chi connectivity index (χ1v) is 6.10. The summed E-state index contributed by atoms with van der Waals surface area (Å²) in [5.74, 6) is 1.10. The second kappa shape index (κ2) is 5.08. The van der Waals surface area contributed by atoms with Gasteiger partial charge >= 0.3 is 0 Å². The number of benzene rings is 1. The number of nitrogens with zero attached hydrogens (tertiary/aromatic N) is 2. The molecule has 0 spiro atoms. The summed E-state index contributed by atoms with van der Waals surface area (Å²) in [4.78, 5) is 2.19. The lowest BCUT2D eigenvalue weighted by molar-refractivity contribution is -0.663. The van der Waals surface area contributed by atoms with E-state index >= 15 is 0 Å². The van der Waals surface area contributed by atoms with E-state index in [9.17, 15) is 0 Å². The maximum absolute atomic E-state index is 3.22. The van der Waals surface area contributed by atoms with Crippen LogP contribution >= 0.6 is 0 Å². The Kier molecular flexibility index (Phi) is 3.51. The Morgan fingerprint density at radius 3 is 2.33 bits per heavy atom. The van der Waals surface area contributed by atoms with Crippen molar-refractivity contribution in [1.82, 2.24) is 0 Å². The molecule has 0 aliphatic heterocycles. The number of nitrogens with one attached hydrogen (secondary N) is 1. The number of rotatable bonds is 3. The third-order valence-electron chi connectivity index (χ3n) is 3.32.